The van der Waals surface area contributed by atoms with Gasteiger partial charge in [0.25, 0.3) is 0 Å². The minimum absolute atomic E-state index is 0.00340. The Kier molecular flexibility index (Phi) is 5.47. The number of carbonyl (C=O) groups excluding carboxylic acids is 1. The van der Waals surface area contributed by atoms with E-state index < -0.39 is 0 Å². The summed E-state index contributed by atoms with van der Waals surface area (Å²) in [4.78, 5) is 13.8. The molecule has 4 heteroatoms. The van der Waals surface area contributed by atoms with Crippen LogP contribution in [0.1, 0.15) is 39.5 Å². The number of nitrogens with zero attached hydrogens (tertiary/aromatic N) is 1. The molecule has 0 atom stereocenters. The van der Waals surface area contributed by atoms with Gasteiger partial charge >= 0.3 is 5.97 Å². The zero-order valence-corrected chi connectivity index (χ0v) is 17.2. The maximum atomic E-state index is 11.6. The largest absolute Gasteiger partial charge is 0.490 e. The summed E-state index contributed by atoms with van der Waals surface area (Å²) in [5.41, 5.74) is 1.15. The molecule has 1 saturated heterocycles. The van der Waals surface area contributed by atoms with Gasteiger partial charge in [-0.05, 0) is 67.2 Å². The molecule has 0 unspecified atom stereocenters. The lowest BCUT2D eigenvalue weighted by Crippen LogP contribution is -2.50. The molecular formula is C24H31NO3. The van der Waals surface area contributed by atoms with Crippen LogP contribution < -0.4 is 9.64 Å². The molecule has 1 saturated carbocycles. The van der Waals surface area contributed by atoms with Crippen molar-refractivity contribution in [2.24, 2.45) is 17.8 Å². The Labute approximate surface area is 167 Å². The molecule has 0 spiro atoms. The zero-order chi connectivity index (χ0) is 19.7. The van der Waals surface area contributed by atoms with Gasteiger partial charge in [-0.3, -0.25) is 4.79 Å². The third-order valence-corrected chi connectivity index (χ3v) is 6.56. The fourth-order valence-electron chi connectivity index (χ4n) is 4.60. The van der Waals surface area contributed by atoms with Crippen molar-refractivity contribution in [3.05, 3.63) is 36.4 Å². The van der Waals surface area contributed by atoms with Crippen molar-refractivity contribution in [2.45, 2.75) is 45.6 Å². The van der Waals surface area contributed by atoms with Crippen LogP contribution in [0.15, 0.2) is 36.4 Å². The molecule has 28 heavy (non-hydrogen) atoms. The Balaban J connectivity index is 1.44. The Bertz CT molecular complexity index is 833. The van der Waals surface area contributed by atoms with Gasteiger partial charge in [0.2, 0.25) is 0 Å². The first-order valence-electron chi connectivity index (χ1n) is 10.6. The van der Waals surface area contributed by atoms with Crippen molar-refractivity contribution in [1.82, 2.24) is 0 Å². The summed E-state index contributed by atoms with van der Waals surface area (Å²) in [6.45, 7) is 6.13. The number of rotatable bonds is 5. The summed E-state index contributed by atoms with van der Waals surface area (Å²) in [6, 6.07) is 12.8. The van der Waals surface area contributed by atoms with Gasteiger partial charge in [0.05, 0.1) is 19.1 Å². The van der Waals surface area contributed by atoms with Gasteiger partial charge in [0, 0.05) is 24.2 Å². The van der Waals surface area contributed by atoms with E-state index in [4.69, 9.17) is 9.47 Å². The predicted octanol–water partition coefficient (Wildman–Crippen LogP) is 5.04. The first kappa shape index (κ1) is 19.1. The van der Waals surface area contributed by atoms with E-state index in [1.165, 1.54) is 30.7 Å². The van der Waals surface area contributed by atoms with Crippen LogP contribution in [0.5, 0.6) is 5.75 Å². The van der Waals surface area contributed by atoms with E-state index in [0.717, 1.165) is 49.2 Å². The molecule has 1 aliphatic carbocycles. The Morgan fingerprint density at radius 2 is 1.82 bits per heavy atom. The topological polar surface area (TPSA) is 38.8 Å². The summed E-state index contributed by atoms with van der Waals surface area (Å²) < 4.78 is 11.3. The van der Waals surface area contributed by atoms with Crippen LogP contribution in [0.3, 0.4) is 0 Å². The van der Waals surface area contributed by atoms with Crippen molar-refractivity contribution in [3.63, 3.8) is 0 Å². The highest BCUT2D eigenvalue weighted by Crippen LogP contribution is 2.36. The van der Waals surface area contributed by atoms with Crippen LogP contribution in [0, 0.1) is 17.8 Å². The molecule has 2 aliphatic rings. The predicted molar refractivity (Wildman–Crippen MR) is 113 cm³/mol. The highest BCUT2D eigenvalue weighted by molar-refractivity contribution is 5.91. The summed E-state index contributed by atoms with van der Waals surface area (Å²) in [6.07, 6.45) is 5.18. The lowest BCUT2D eigenvalue weighted by atomic mass is 9.80. The van der Waals surface area contributed by atoms with Crippen molar-refractivity contribution in [1.29, 1.82) is 0 Å². The monoisotopic (exact) mass is 381 g/mol. The molecule has 0 radical (unpaired) electrons. The third-order valence-electron chi connectivity index (χ3n) is 6.56. The molecule has 0 aromatic heterocycles. The van der Waals surface area contributed by atoms with Gasteiger partial charge in [-0.1, -0.05) is 26.0 Å². The van der Waals surface area contributed by atoms with Crippen molar-refractivity contribution >= 4 is 22.4 Å². The molecule has 1 heterocycles. The molecule has 2 fully saturated rings. The molecule has 1 aliphatic heterocycles. The van der Waals surface area contributed by atoms with Crippen LogP contribution in [-0.2, 0) is 9.53 Å². The molecule has 4 nitrogen and oxygen atoms in total. The van der Waals surface area contributed by atoms with Crippen molar-refractivity contribution in [3.8, 4) is 5.75 Å². The standard InChI is InChI=1S/C24H31NO3/c1-16(2)17-7-10-21(11-8-17)28-23-6-4-5-18-13-20(9-12-22(18)23)25-14-19(15-25)24(26)27-3/h4-6,9,12-13,16-17,19,21H,7-8,10-11,14-15H2,1-3H3. The number of anilines is 1. The smallest absolute Gasteiger partial charge is 0.312 e. The van der Waals surface area contributed by atoms with Gasteiger partial charge in [0.15, 0.2) is 0 Å². The first-order chi connectivity index (χ1) is 13.5. The third kappa shape index (κ3) is 3.82. The number of hydrogen-bond acceptors (Lipinski definition) is 4. The normalized spacial score (nSPS) is 22.9. The van der Waals surface area contributed by atoms with E-state index in [1.807, 2.05) is 0 Å². The van der Waals surface area contributed by atoms with E-state index in [1.54, 1.807) is 0 Å². The molecule has 0 N–H and O–H groups in total. The molecule has 2 aromatic rings. The lowest BCUT2D eigenvalue weighted by Gasteiger charge is -2.39. The Morgan fingerprint density at radius 1 is 1.07 bits per heavy atom. The highest BCUT2D eigenvalue weighted by Gasteiger charge is 2.33. The average molecular weight is 382 g/mol. The minimum atomic E-state index is -0.111. The maximum absolute atomic E-state index is 11.6. The quantitative estimate of drug-likeness (QED) is 0.680. The Morgan fingerprint density at radius 3 is 2.50 bits per heavy atom. The van der Waals surface area contributed by atoms with E-state index in [0.29, 0.717) is 6.10 Å². The molecule has 150 valence electrons. The van der Waals surface area contributed by atoms with Gasteiger partial charge in [-0.2, -0.15) is 0 Å². The number of esters is 1. The summed E-state index contributed by atoms with van der Waals surface area (Å²) in [5, 5.41) is 2.36. The fraction of sp³-hybridized carbons (Fsp3) is 0.542. The van der Waals surface area contributed by atoms with E-state index in [9.17, 15) is 4.79 Å². The second kappa shape index (κ2) is 8.02. The van der Waals surface area contributed by atoms with Gasteiger partial charge in [-0.25, -0.2) is 0 Å². The fourth-order valence-corrected chi connectivity index (χ4v) is 4.60. The molecular weight excluding hydrogens is 350 g/mol. The van der Waals surface area contributed by atoms with E-state index in [-0.39, 0.29) is 11.9 Å². The number of methoxy groups -OCH3 is 1. The average Bonchev–Trinajstić information content (AvgIpc) is 2.67. The SMILES string of the molecule is COC(=O)C1CN(c2ccc3c(OC4CCC(C(C)C)CC4)cccc3c2)C1. The van der Waals surface area contributed by atoms with Gasteiger partial charge in [0.1, 0.15) is 5.75 Å². The number of fused-ring (bicyclic) bond motifs is 1. The van der Waals surface area contributed by atoms with Crippen molar-refractivity contribution in [2.75, 3.05) is 25.1 Å². The van der Waals surface area contributed by atoms with Crippen LogP contribution in [0.4, 0.5) is 5.69 Å². The minimum Gasteiger partial charge on any atom is -0.490 e. The Hall–Kier alpha value is -2.23. The lowest BCUT2D eigenvalue weighted by molar-refractivity contribution is -0.146. The summed E-state index contributed by atoms with van der Waals surface area (Å²) >= 11 is 0. The molecule has 2 aromatic carbocycles. The molecule has 0 bridgehead atoms. The molecule has 0 amide bonds. The van der Waals surface area contributed by atoms with Gasteiger partial charge < -0.3 is 14.4 Å². The van der Waals surface area contributed by atoms with Crippen LogP contribution >= 0.6 is 0 Å². The molecule has 4 rings (SSSR count). The van der Waals surface area contributed by atoms with Crippen LogP contribution in [-0.4, -0.2) is 32.3 Å². The zero-order valence-electron chi connectivity index (χ0n) is 17.2. The van der Waals surface area contributed by atoms with E-state index in [2.05, 4.69) is 55.1 Å². The second-order valence-corrected chi connectivity index (χ2v) is 8.69. The second-order valence-electron chi connectivity index (χ2n) is 8.69. The highest BCUT2D eigenvalue weighted by atomic mass is 16.5. The van der Waals surface area contributed by atoms with Crippen LogP contribution in [0.25, 0.3) is 10.8 Å². The number of benzene rings is 2. The number of ether oxygens (including phenoxy) is 2. The van der Waals surface area contributed by atoms with Gasteiger partial charge in [-0.15, -0.1) is 0 Å². The first-order valence-corrected chi connectivity index (χ1v) is 10.6. The number of carbonyl (C=O) groups is 1. The van der Waals surface area contributed by atoms with E-state index >= 15 is 0 Å². The van der Waals surface area contributed by atoms with Crippen LogP contribution in [0.2, 0.25) is 0 Å². The maximum Gasteiger partial charge on any atom is 0.312 e. The number of hydrogen-bond donors (Lipinski definition) is 0. The van der Waals surface area contributed by atoms with Crippen molar-refractivity contribution < 1.29 is 14.3 Å². The summed E-state index contributed by atoms with van der Waals surface area (Å²) in [7, 11) is 1.46. The summed E-state index contributed by atoms with van der Waals surface area (Å²) in [5.74, 6) is 2.50.